The number of carboxylic acid groups (broad SMARTS) is 1. The Kier molecular flexibility index (Phi) is 9.20. The molecule has 0 spiro atoms. The Morgan fingerprint density at radius 3 is 2.29 bits per heavy atom. The second kappa shape index (κ2) is 10.6. The van der Waals surface area contributed by atoms with E-state index >= 15 is 0 Å². The zero-order chi connectivity index (χ0) is 21.5. The van der Waals surface area contributed by atoms with E-state index in [1.165, 1.54) is 4.90 Å². The highest BCUT2D eigenvalue weighted by Gasteiger charge is 2.39. The molecule has 1 rings (SSSR count). The predicted octanol–water partition coefficient (Wildman–Crippen LogP) is 2.51. The fraction of sp³-hybridized carbons (Fsp3) is 0.850. The largest absolute Gasteiger partial charge is 0.481 e. The Balaban J connectivity index is 2.85. The van der Waals surface area contributed by atoms with Gasteiger partial charge in [-0.25, -0.2) is 4.79 Å². The molecule has 1 saturated heterocycles. The predicted molar refractivity (Wildman–Crippen MR) is 105 cm³/mol. The molecule has 162 valence electrons. The lowest BCUT2D eigenvalue weighted by atomic mass is 9.88. The Morgan fingerprint density at radius 2 is 1.79 bits per heavy atom. The van der Waals surface area contributed by atoms with Crippen molar-refractivity contribution >= 4 is 18.0 Å². The summed E-state index contributed by atoms with van der Waals surface area (Å²) in [5.41, 5.74) is -0.690. The van der Waals surface area contributed by atoms with Crippen LogP contribution in [-0.4, -0.2) is 65.9 Å². The van der Waals surface area contributed by atoms with Crippen molar-refractivity contribution in [2.24, 2.45) is 17.8 Å². The van der Waals surface area contributed by atoms with Crippen LogP contribution in [0.25, 0.3) is 0 Å². The number of aliphatic carboxylic acids is 1. The molecule has 3 atom stereocenters. The Morgan fingerprint density at radius 1 is 1.18 bits per heavy atom. The van der Waals surface area contributed by atoms with E-state index in [0.717, 1.165) is 6.42 Å². The van der Waals surface area contributed by atoms with E-state index in [1.807, 2.05) is 6.92 Å². The van der Waals surface area contributed by atoms with Gasteiger partial charge in [-0.05, 0) is 46.5 Å². The maximum Gasteiger partial charge on any atom is 0.410 e. The van der Waals surface area contributed by atoms with E-state index in [4.69, 9.17) is 9.47 Å². The molecule has 0 unspecified atom stereocenters. The maximum absolute atomic E-state index is 12.8. The van der Waals surface area contributed by atoms with Gasteiger partial charge in [-0.15, -0.1) is 0 Å². The lowest BCUT2D eigenvalue weighted by Gasteiger charge is -2.36. The summed E-state index contributed by atoms with van der Waals surface area (Å²) in [7, 11) is 0. The standard InChI is InChI=1S/C20H36N2O6/c1-7-27-12-16(8-13(2)3)21-17(23)14-9-15(18(24)25)11-22(10-14)19(26)28-20(4,5)6/h13-16H,7-12H2,1-6H3,(H,21,23)(H,24,25)/t14-,15+,16+/m0/s1. The first-order valence-corrected chi connectivity index (χ1v) is 10.0. The number of carbonyl (C=O) groups excluding carboxylic acids is 2. The van der Waals surface area contributed by atoms with Crippen molar-refractivity contribution < 1.29 is 29.0 Å². The Bertz CT molecular complexity index is 543. The van der Waals surface area contributed by atoms with Crippen molar-refractivity contribution in [2.45, 2.75) is 66.0 Å². The van der Waals surface area contributed by atoms with Crippen molar-refractivity contribution in [2.75, 3.05) is 26.3 Å². The number of carbonyl (C=O) groups is 3. The van der Waals surface area contributed by atoms with Gasteiger partial charge in [0.15, 0.2) is 0 Å². The smallest absolute Gasteiger partial charge is 0.410 e. The van der Waals surface area contributed by atoms with Crippen molar-refractivity contribution in [1.82, 2.24) is 10.2 Å². The van der Waals surface area contributed by atoms with E-state index in [2.05, 4.69) is 19.2 Å². The molecule has 28 heavy (non-hydrogen) atoms. The lowest BCUT2D eigenvalue weighted by Crippen LogP contribution is -2.53. The average Bonchev–Trinajstić information content (AvgIpc) is 2.57. The molecule has 0 radical (unpaired) electrons. The first-order chi connectivity index (χ1) is 12.9. The molecule has 1 aliphatic rings. The van der Waals surface area contributed by atoms with Crippen molar-refractivity contribution in [3.8, 4) is 0 Å². The first kappa shape index (κ1) is 24.2. The number of nitrogens with zero attached hydrogens (tertiary/aromatic N) is 1. The second-order valence-electron chi connectivity index (χ2n) is 8.85. The third kappa shape index (κ3) is 8.46. The van der Waals surface area contributed by atoms with Crippen LogP contribution in [0.15, 0.2) is 0 Å². The fourth-order valence-electron chi connectivity index (χ4n) is 3.26. The Hall–Kier alpha value is -1.83. The zero-order valence-electron chi connectivity index (χ0n) is 18.0. The zero-order valence-corrected chi connectivity index (χ0v) is 18.0. The monoisotopic (exact) mass is 400 g/mol. The average molecular weight is 401 g/mol. The molecule has 1 fully saturated rings. The van der Waals surface area contributed by atoms with Crippen LogP contribution in [0.2, 0.25) is 0 Å². The molecule has 0 aromatic carbocycles. The van der Waals surface area contributed by atoms with Gasteiger partial charge in [0.05, 0.1) is 24.5 Å². The highest BCUT2D eigenvalue weighted by atomic mass is 16.6. The van der Waals surface area contributed by atoms with Crippen LogP contribution in [0.5, 0.6) is 0 Å². The van der Waals surface area contributed by atoms with E-state index in [0.29, 0.717) is 19.1 Å². The molecule has 0 aromatic heterocycles. The summed E-state index contributed by atoms with van der Waals surface area (Å²) in [4.78, 5) is 38.1. The molecule has 8 heteroatoms. The number of hydrogen-bond donors (Lipinski definition) is 2. The Labute approximate surface area is 167 Å². The van der Waals surface area contributed by atoms with Gasteiger partial charge in [0.1, 0.15) is 5.60 Å². The minimum atomic E-state index is -1.01. The number of hydrogen-bond acceptors (Lipinski definition) is 5. The number of ether oxygens (including phenoxy) is 2. The van der Waals surface area contributed by atoms with Crippen LogP contribution in [0, 0.1) is 17.8 Å². The van der Waals surface area contributed by atoms with Crippen molar-refractivity contribution in [3.63, 3.8) is 0 Å². The molecule has 2 N–H and O–H groups in total. The van der Waals surface area contributed by atoms with E-state index < -0.39 is 29.5 Å². The van der Waals surface area contributed by atoms with Crippen LogP contribution in [0.4, 0.5) is 4.79 Å². The van der Waals surface area contributed by atoms with Gasteiger partial charge in [-0.1, -0.05) is 13.8 Å². The molecule has 8 nitrogen and oxygen atoms in total. The minimum absolute atomic E-state index is 0.0440. The summed E-state index contributed by atoms with van der Waals surface area (Å²) in [5.74, 6) is -2.28. The number of amides is 2. The summed E-state index contributed by atoms with van der Waals surface area (Å²) in [6.45, 7) is 12.4. The van der Waals surface area contributed by atoms with Gasteiger partial charge in [-0.3, -0.25) is 9.59 Å². The van der Waals surface area contributed by atoms with Crippen LogP contribution in [0.1, 0.15) is 54.4 Å². The maximum atomic E-state index is 12.8. The van der Waals surface area contributed by atoms with Crippen molar-refractivity contribution in [1.29, 1.82) is 0 Å². The number of rotatable bonds is 8. The van der Waals surface area contributed by atoms with E-state index in [9.17, 15) is 19.5 Å². The summed E-state index contributed by atoms with van der Waals surface area (Å²) in [6.07, 6.45) is 0.365. The number of nitrogens with one attached hydrogen (secondary N) is 1. The van der Waals surface area contributed by atoms with Crippen LogP contribution >= 0.6 is 0 Å². The molecule has 1 heterocycles. The molecule has 0 bridgehead atoms. The third-order valence-corrected chi connectivity index (χ3v) is 4.45. The van der Waals surface area contributed by atoms with E-state index in [-0.39, 0.29) is 31.5 Å². The highest BCUT2D eigenvalue weighted by Crippen LogP contribution is 2.25. The van der Waals surface area contributed by atoms with Crippen LogP contribution < -0.4 is 5.32 Å². The molecule has 2 amide bonds. The fourth-order valence-corrected chi connectivity index (χ4v) is 3.26. The molecule has 0 saturated carbocycles. The first-order valence-electron chi connectivity index (χ1n) is 10.0. The topological polar surface area (TPSA) is 105 Å². The number of piperidine rings is 1. The summed E-state index contributed by atoms with van der Waals surface area (Å²) < 4.78 is 10.8. The molecule has 0 aliphatic carbocycles. The van der Waals surface area contributed by atoms with E-state index in [1.54, 1.807) is 20.8 Å². The van der Waals surface area contributed by atoms with Crippen molar-refractivity contribution in [3.05, 3.63) is 0 Å². The highest BCUT2D eigenvalue weighted by molar-refractivity contribution is 5.82. The minimum Gasteiger partial charge on any atom is -0.481 e. The van der Waals surface area contributed by atoms with Gasteiger partial charge in [0.2, 0.25) is 5.91 Å². The van der Waals surface area contributed by atoms with Crippen LogP contribution in [0.3, 0.4) is 0 Å². The lowest BCUT2D eigenvalue weighted by molar-refractivity contribution is -0.145. The normalized spacial score (nSPS) is 21.3. The van der Waals surface area contributed by atoms with Gasteiger partial charge >= 0.3 is 12.1 Å². The summed E-state index contributed by atoms with van der Waals surface area (Å²) in [6, 6.07) is -0.146. The second-order valence-corrected chi connectivity index (χ2v) is 8.85. The summed E-state index contributed by atoms with van der Waals surface area (Å²) >= 11 is 0. The van der Waals surface area contributed by atoms with Crippen LogP contribution in [-0.2, 0) is 19.1 Å². The summed E-state index contributed by atoms with van der Waals surface area (Å²) in [5, 5.41) is 12.4. The molecule has 0 aromatic rings. The molecule has 1 aliphatic heterocycles. The number of likely N-dealkylation sites (tertiary alicyclic amines) is 1. The number of carboxylic acids is 1. The SMILES string of the molecule is CCOC[C@@H](CC(C)C)NC(=O)[C@H]1C[C@@H](C(=O)O)CN(C(=O)OC(C)(C)C)C1. The van der Waals surface area contributed by atoms with Gasteiger partial charge in [0, 0.05) is 19.7 Å². The van der Waals surface area contributed by atoms with Gasteiger partial charge in [-0.2, -0.15) is 0 Å². The van der Waals surface area contributed by atoms with Gasteiger partial charge < -0.3 is 24.8 Å². The van der Waals surface area contributed by atoms with Gasteiger partial charge in [0.25, 0.3) is 0 Å². The molecular weight excluding hydrogens is 364 g/mol. The third-order valence-electron chi connectivity index (χ3n) is 4.45. The molecular formula is C20H36N2O6. The quantitative estimate of drug-likeness (QED) is 0.649.